The molecule has 2 aromatic rings. The van der Waals surface area contributed by atoms with Gasteiger partial charge in [-0.1, -0.05) is 17.3 Å². The monoisotopic (exact) mass is 369 g/mol. The molecule has 2 aliphatic carbocycles. The fourth-order valence-corrected chi connectivity index (χ4v) is 4.23. The van der Waals surface area contributed by atoms with Gasteiger partial charge in [0.05, 0.1) is 18.4 Å². The van der Waals surface area contributed by atoms with Gasteiger partial charge >= 0.3 is 5.97 Å². The number of nitrogens with zero attached hydrogens (tertiary/aromatic N) is 1. The van der Waals surface area contributed by atoms with E-state index in [0.717, 1.165) is 21.2 Å². The van der Waals surface area contributed by atoms with Crippen molar-refractivity contribution in [3.63, 3.8) is 0 Å². The van der Waals surface area contributed by atoms with Crippen molar-refractivity contribution < 1.29 is 14.4 Å². The highest BCUT2D eigenvalue weighted by Crippen LogP contribution is 2.42. The highest BCUT2D eigenvalue weighted by atomic mass is 32.1. The van der Waals surface area contributed by atoms with Crippen molar-refractivity contribution in [1.82, 2.24) is 0 Å². The zero-order valence-electron chi connectivity index (χ0n) is 15.2. The third-order valence-corrected chi connectivity index (χ3v) is 5.98. The second kappa shape index (κ2) is 7.23. The molecule has 0 unspecified atom stereocenters. The number of ether oxygens (including phenoxy) is 1. The molecule has 0 N–H and O–H groups in total. The minimum absolute atomic E-state index is 0.308. The van der Waals surface area contributed by atoms with E-state index in [0.29, 0.717) is 24.0 Å². The fraction of sp³-hybridized carbons (Fsp3) is 0.429. The Labute approximate surface area is 157 Å². The van der Waals surface area contributed by atoms with Crippen molar-refractivity contribution in [2.75, 3.05) is 7.11 Å². The van der Waals surface area contributed by atoms with Crippen molar-refractivity contribution in [1.29, 1.82) is 0 Å². The van der Waals surface area contributed by atoms with Gasteiger partial charge in [0.1, 0.15) is 6.61 Å². The summed E-state index contributed by atoms with van der Waals surface area (Å²) in [5.74, 6) is 1.04. The summed E-state index contributed by atoms with van der Waals surface area (Å²) >= 11 is 1.63. The molecule has 136 valence electrons. The van der Waals surface area contributed by atoms with Crippen LogP contribution in [0.1, 0.15) is 43.7 Å². The number of allylic oxidation sites excluding steroid dienone is 1. The number of carbonyl (C=O) groups excluding carboxylic acids is 1. The molecule has 4 rings (SSSR count). The number of thiophene rings is 1. The smallest absolute Gasteiger partial charge is 0.338 e. The van der Waals surface area contributed by atoms with E-state index in [2.05, 4.69) is 23.4 Å². The van der Waals surface area contributed by atoms with Crippen LogP contribution < -0.4 is 0 Å². The Bertz CT molecular complexity index is 874. The zero-order chi connectivity index (χ0) is 18.1. The van der Waals surface area contributed by atoms with Crippen molar-refractivity contribution in [2.24, 2.45) is 17.0 Å². The maximum atomic E-state index is 12.0. The SMILES string of the molecule is CC=C(C(=O)OC)c1csc2ccc(CON=C(C3CC3)C3CC3)cc12. The standard InChI is InChI=1S/C21H23NO3S/c1-3-16(21(23)24-2)18-12-26-19-9-4-13(10-17(18)19)11-25-22-20(14-5-6-14)15-7-8-15/h3-4,9-10,12,14-15H,5-8,11H2,1-2H3. The second-order valence-electron chi connectivity index (χ2n) is 7.01. The van der Waals surface area contributed by atoms with Gasteiger partial charge < -0.3 is 9.57 Å². The number of benzene rings is 1. The lowest BCUT2D eigenvalue weighted by atomic mass is 10.0. The van der Waals surface area contributed by atoms with Gasteiger partial charge in [-0.05, 0) is 50.3 Å². The Balaban J connectivity index is 1.54. The Morgan fingerprint density at radius 2 is 2.00 bits per heavy atom. The van der Waals surface area contributed by atoms with Crippen molar-refractivity contribution >= 4 is 38.7 Å². The molecule has 0 saturated heterocycles. The van der Waals surface area contributed by atoms with E-state index in [-0.39, 0.29) is 5.97 Å². The summed E-state index contributed by atoms with van der Waals surface area (Å²) < 4.78 is 6.05. The predicted octanol–water partition coefficient (Wildman–Crippen LogP) is 5.17. The molecule has 0 amide bonds. The number of fused-ring (bicyclic) bond motifs is 1. The molecule has 5 heteroatoms. The van der Waals surface area contributed by atoms with Gasteiger partial charge in [0.15, 0.2) is 0 Å². The summed E-state index contributed by atoms with van der Waals surface area (Å²) in [4.78, 5) is 17.7. The first-order valence-corrected chi connectivity index (χ1v) is 10.0. The summed E-state index contributed by atoms with van der Waals surface area (Å²) in [5, 5.41) is 7.53. The van der Waals surface area contributed by atoms with Crippen LogP contribution in [0.25, 0.3) is 15.7 Å². The van der Waals surface area contributed by atoms with Crippen LogP contribution in [0.2, 0.25) is 0 Å². The first-order chi connectivity index (χ1) is 12.7. The summed E-state index contributed by atoms with van der Waals surface area (Å²) in [5.41, 5.74) is 3.86. The van der Waals surface area contributed by atoms with E-state index in [1.54, 1.807) is 17.4 Å². The highest BCUT2D eigenvalue weighted by Gasteiger charge is 2.38. The number of hydrogen-bond acceptors (Lipinski definition) is 5. The van der Waals surface area contributed by atoms with Crippen LogP contribution in [0.15, 0.2) is 34.8 Å². The van der Waals surface area contributed by atoms with E-state index in [9.17, 15) is 4.79 Å². The van der Waals surface area contributed by atoms with Gasteiger partial charge in [-0.15, -0.1) is 11.3 Å². The normalized spacial score (nSPS) is 17.2. The molecular weight excluding hydrogens is 346 g/mol. The molecule has 0 bridgehead atoms. The van der Waals surface area contributed by atoms with E-state index in [1.807, 2.05) is 12.3 Å². The number of oxime groups is 1. The van der Waals surface area contributed by atoms with Gasteiger partial charge in [0.2, 0.25) is 0 Å². The van der Waals surface area contributed by atoms with Crippen molar-refractivity contribution in [3.05, 3.63) is 40.8 Å². The molecule has 2 saturated carbocycles. The molecule has 2 aliphatic rings. The summed E-state index contributed by atoms with van der Waals surface area (Å²) in [6.45, 7) is 2.31. The quantitative estimate of drug-likeness (QED) is 0.293. The van der Waals surface area contributed by atoms with Crippen LogP contribution in [0, 0.1) is 11.8 Å². The Kier molecular flexibility index (Phi) is 4.81. The largest absolute Gasteiger partial charge is 0.465 e. The number of hydrogen-bond donors (Lipinski definition) is 0. The molecule has 1 heterocycles. The van der Waals surface area contributed by atoms with E-state index < -0.39 is 0 Å². The van der Waals surface area contributed by atoms with Crippen LogP contribution in [0.5, 0.6) is 0 Å². The van der Waals surface area contributed by atoms with Gasteiger partial charge in [0, 0.05) is 32.9 Å². The fourth-order valence-electron chi connectivity index (χ4n) is 3.29. The lowest BCUT2D eigenvalue weighted by Gasteiger charge is -2.06. The van der Waals surface area contributed by atoms with E-state index in [1.165, 1.54) is 38.5 Å². The third-order valence-electron chi connectivity index (χ3n) is 5.01. The van der Waals surface area contributed by atoms with Crippen molar-refractivity contribution in [2.45, 2.75) is 39.2 Å². The number of carbonyl (C=O) groups is 1. The Hall–Kier alpha value is -2.14. The van der Waals surface area contributed by atoms with Gasteiger partial charge in [-0.25, -0.2) is 4.79 Å². The molecule has 2 fully saturated rings. The molecule has 0 atom stereocenters. The molecule has 0 spiro atoms. The minimum atomic E-state index is -0.308. The van der Waals surface area contributed by atoms with Gasteiger partial charge in [-0.3, -0.25) is 0 Å². The molecule has 1 aromatic carbocycles. The topological polar surface area (TPSA) is 47.9 Å². The molecule has 0 aliphatic heterocycles. The number of esters is 1. The molecular formula is C21H23NO3S. The third kappa shape index (κ3) is 3.54. The van der Waals surface area contributed by atoms with E-state index >= 15 is 0 Å². The van der Waals surface area contributed by atoms with Gasteiger partial charge in [0.25, 0.3) is 0 Å². The van der Waals surface area contributed by atoms with Crippen LogP contribution in [0.4, 0.5) is 0 Å². The number of rotatable bonds is 7. The van der Waals surface area contributed by atoms with Crippen LogP contribution >= 0.6 is 11.3 Å². The van der Waals surface area contributed by atoms with E-state index in [4.69, 9.17) is 9.57 Å². The maximum absolute atomic E-state index is 12.0. The summed E-state index contributed by atoms with van der Waals surface area (Å²) in [7, 11) is 1.41. The predicted molar refractivity (Wildman–Crippen MR) is 105 cm³/mol. The second-order valence-corrected chi connectivity index (χ2v) is 7.92. The van der Waals surface area contributed by atoms with Crippen molar-refractivity contribution in [3.8, 4) is 0 Å². The molecule has 1 aromatic heterocycles. The van der Waals surface area contributed by atoms with Gasteiger partial charge in [-0.2, -0.15) is 0 Å². The molecule has 4 nitrogen and oxygen atoms in total. The Morgan fingerprint density at radius 3 is 2.62 bits per heavy atom. The summed E-state index contributed by atoms with van der Waals surface area (Å²) in [6, 6.07) is 6.25. The summed E-state index contributed by atoms with van der Waals surface area (Å²) in [6.07, 6.45) is 6.87. The first kappa shape index (κ1) is 17.3. The zero-order valence-corrected chi connectivity index (χ0v) is 16.0. The average molecular weight is 369 g/mol. The Morgan fingerprint density at radius 1 is 1.27 bits per heavy atom. The lowest BCUT2D eigenvalue weighted by molar-refractivity contribution is -0.133. The molecule has 26 heavy (non-hydrogen) atoms. The molecule has 0 radical (unpaired) electrons. The minimum Gasteiger partial charge on any atom is -0.465 e. The number of methoxy groups -OCH3 is 1. The van der Waals surface area contributed by atoms with Crippen LogP contribution in [-0.4, -0.2) is 18.8 Å². The first-order valence-electron chi connectivity index (χ1n) is 9.16. The highest BCUT2D eigenvalue weighted by molar-refractivity contribution is 7.17. The lowest BCUT2D eigenvalue weighted by Crippen LogP contribution is -2.05. The van der Waals surface area contributed by atoms with Crippen LogP contribution in [0.3, 0.4) is 0 Å². The average Bonchev–Trinajstić information content (AvgIpc) is 3.58. The van der Waals surface area contributed by atoms with Crippen LogP contribution in [-0.2, 0) is 21.0 Å². The maximum Gasteiger partial charge on any atom is 0.338 e.